The minimum Gasteiger partial charge on any atom is -0.393 e. The molecule has 2 saturated heterocycles. The van der Waals surface area contributed by atoms with Gasteiger partial charge in [-0.05, 0) is 32.6 Å². The van der Waals surface area contributed by atoms with Crippen molar-refractivity contribution in [2.45, 2.75) is 51.2 Å². The predicted octanol–water partition coefficient (Wildman–Crippen LogP) is 1.25. The molecule has 0 unspecified atom stereocenters. The Morgan fingerprint density at radius 2 is 1.78 bits per heavy atom. The molecule has 2 fully saturated rings. The molecule has 2 aromatic rings. The average molecular weight is 371 g/mol. The van der Waals surface area contributed by atoms with E-state index < -0.39 is 0 Å². The summed E-state index contributed by atoms with van der Waals surface area (Å²) in [6.07, 6.45) is 5.33. The SMILES string of the molecule is Cc1cc(N2CCC(c3nnc(CN4CCC(O)CC4)n3C)CC2)ncn1. The molecule has 0 saturated carbocycles. The Balaban J connectivity index is 1.37. The van der Waals surface area contributed by atoms with Crippen LogP contribution in [-0.4, -0.2) is 67.0 Å². The van der Waals surface area contributed by atoms with E-state index in [4.69, 9.17) is 0 Å². The van der Waals surface area contributed by atoms with Crippen molar-refractivity contribution in [3.8, 4) is 0 Å². The van der Waals surface area contributed by atoms with Gasteiger partial charge in [0.25, 0.3) is 0 Å². The summed E-state index contributed by atoms with van der Waals surface area (Å²) in [5.74, 6) is 3.58. The highest BCUT2D eigenvalue weighted by atomic mass is 16.3. The third-order valence-electron chi connectivity index (χ3n) is 5.89. The van der Waals surface area contributed by atoms with Gasteiger partial charge in [0.2, 0.25) is 0 Å². The zero-order valence-electron chi connectivity index (χ0n) is 16.3. The zero-order chi connectivity index (χ0) is 18.8. The highest BCUT2D eigenvalue weighted by Gasteiger charge is 2.26. The molecule has 1 N–H and O–H groups in total. The minimum absolute atomic E-state index is 0.139. The molecule has 4 rings (SSSR count). The Bertz CT molecular complexity index is 761. The van der Waals surface area contributed by atoms with Crippen LogP contribution in [0.1, 0.15) is 48.9 Å². The summed E-state index contributed by atoms with van der Waals surface area (Å²) in [4.78, 5) is 13.3. The van der Waals surface area contributed by atoms with Crippen molar-refractivity contribution in [1.82, 2.24) is 29.6 Å². The van der Waals surface area contributed by atoms with Gasteiger partial charge in [0.1, 0.15) is 23.8 Å². The smallest absolute Gasteiger partial charge is 0.146 e. The molecule has 0 radical (unpaired) electrons. The van der Waals surface area contributed by atoms with Crippen LogP contribution in [0.2, 0.25) is 0 Å². The van der Waals surface area contributed by atoms with Crippen LogP contribution in [0.4, 0.5) is 5.82 Å². The van der Waals surface area contributed by atoms with Crippen LogP contribution in [0.3, 0.4) is 0 Å². The van der Waals surface area contributed by atoms with Crippen LogP contribution in [0.15, 0.2) is 12.4 Å². The van der Waals surface area contributed by atoms with Gasteiger partial charge in [-0.2, -0.15) is 0 Å². The molecular formula is C19H29N7O. The second kappa shape index (κ2) is 7.90. The lowest BCUT2D eigenvalue weighted by Gasteiger charge is -2.32. The zero-order valence-corrected chi connectivity index (χ0v) is 16.3. The third-order valence-corrected chi connectivity index (χ3v) is 5.89. The number of anilines is 1. The van der Waals surface area contributed by atoms with Crippen LogP contribution >= 0.6 is 0 Å². The van der Waals surface area contributed by atoms with E-state index in [9.17, 15) is 5.11 Å². The maximum Gasteiger partial charge on any atom is 0.146 e. The van der Waals surface area contributed by atoms with Crippen LogP contribution in [0.25, 0.3) is 0 Å². The van der Waals surface area contributed by atoms with Crippen LogP contribution in [0.5, 0.6) is 0 Å². The van der Waals surface area contributed by atoms with E-state index in [1.807, 2.05) is 6.92 Å². The molecule has 4 heterocycles. The van der Waals surface area contributed by atoms with Gasteiger partial charge in [-0.3, -0.25) is 4.90 Å². The Morgan fingerprint density at radius 1 is 1.04 bits per heavy atom. The Kier molecular flexibility index (Phi) is 5.36. The second-order valence-corrected chi connectivity index (χ2v) is 7.82. The normalized spacial score (nSPS) is 20.3. The quantitative estimate of drug-likeness (QED) is 0.866. The van der Waals surface area contributed by atoms with Crippen molar-refractivity contribution < 1.29 is 5.11 Å². The number of aliphatic hydroxyl groups is 1. The average Bonchev–Trinajstić information content (AvgIpc) is 3.04. The molecular weight excluding hydrogens is 342 g/mol. The number of aryl methyl sites for hydroxylation is 1. The van der Waals surface area contributed by atoms with Crippen molar-refractivity contribution in [2.75, 3.05) is 31.1 Å². The van der Waals surface area contributed by atoms with Gasteiger partial charge in [0, 0.05) is 50.9 Å². The highest BCUT2D eigenvalue weighted by Crippen LogP contribution is 2.29. The molecule has 146 valence electrons. The summed E-state index contributed by atoms with van der Waals surface area (Å²) in [5, 5.41) is 18.7. The van der Waals surface area contributed by atoms with Gasteiger partial charge in [-0.1, -0.05) is 0 Å². The molecule has 8 nitrogen and oxygen atoms in total. The van der Waals surface area contributed by atoms with Gasteiger partial charge in [0.05, 0.1) is 12.6 Å². The Morgan fingerprint density at radius 3 is 2.48 bits per heavy atom. The number of aliphatic hydroxyl groups excluding tert-OH is 1. The van der Waals surface area contributed by atoms with E-state index in [0.29, 0.717) is 5.92 Å². The number of likely N-dealkylation sites (tertiary alicyclic amines) is 1. The molecule has 8 heteroatoms. The first-order valence-corrected chi connectivity index (χ1v) is 9.92. The lowest BCUT2D eigenvalue weighted by atomic mass is 9.96. The van der Waals surface area contributed by atoms with E-state index in [-0.39, 0.29) is 6.10 Å². The van der Waals surface area contributed by atoms with E-state index in [0.717, 1.165) is 81.6 Å². The summed E-state index contributed by atoms with van der Waals surface area (Å²) < 4.78 is 2.18. The molecule has 2 aromatic heterocycles. The fourth-order valence-electron chi connectivity index (χ4n) is 4.13. The standard InChI is InChI=1S/C19H29N7O/c1-14-11-17(21-13-20-14)26-9-3-15(4-10-26)19-23-22-18(24(19)2)12-25-7-5-16(27)6-8-25/h11,13,15-16,27H,3-10,12H2,1-2H3. The number of rotatable bonds is 4. The first-order chi connectivity index (χ1) is 13.1. The lowest BCUT2D eigenvalue weighted by Crippen LogP contribution is -2.36. The highest BCUT2D eigenvalue weighted by molar-refractivity contribution is 5.39. The number of hydrogen-bond donors (Lipinski definition) is 1. The van der Waals surface area contributed by atoms with E-state index in [2.05, 4.69) is 47.6 Å². The lowest BCUT2D eigenvalue weighted by molar-refractivity contribution is 0.0775. The molecule has 0 spiro atoms. The minimum atomic E-state index is -0.139. The van der Waals surface area contributed by atoms with Gasteiger partial charge >= 0.3 is 0 Å². The second-order valence-electron chi connectivity index (χ2n) is 7.82. The van der Waals surface area contributed by atoms with Gasteiger partial charge in [-0.25, -0.2) is 9.97 Å². The monoisotopic (exact) mass is 371 g/mol. The summed E-state index contributed by atoms with van der Waals surface area (Å²) >= 11 is 0. The van der Waals surface area contributed by atoms with Crippen molar-refractivity contribution >= 4 is 5.82 Å². The molecule has 0 amide bonds. The van der Waals surface area contributed by atoms with E-state index in [1.165, 1.54) is 0 Å². The molecule has 2 aliphatic rings. The van der Waals surface area contributed by atoms with Gasteiger partial charge < -0.3 is 14.6 Å². The number of aromatic nitrogens is 5. The van der Waals surface area contributed by atoms with Crippen LogP contribution in [0, 0.1) is 6.92 Å². The summed E-state index contributed by atoms with van der Waals surface area (Å²) in [5.41, 5.74) is 1.00. The molecule has 0 bridgehead atoms. The van der Waals surface area contributed by atoms with Gasteiger partial charge in [-0.15, -0.1) is 10.2 Å². The van der Waals surface area contributed by atoms with E-state index >= 15 is 0 Å². The first kappa shape index (κ1) is 18.3. The number of nitrogens with zero attached hydrogens (tertiary/aromatic N) is 7. The maximum absolute atomic E-state index is 9.67. The molecule has 0 aromatic carbocycles. The van der Waals surface area contributed by atoms with Crippen molar-refractivity contribution in [2.24, 2.45) is 7.05 Å². The van der Waals surface area contributed by atoms with Crippen LogP contribution < -0.4 is 4.90 Å². The molecule has 27 heavy (non-hydrogen) atoms. The van der Waals surface area contributed by atoms with Crippen molar-refractivity contribution in [3.63, 3.8) is 0 Å². The Labute approximate surface area is 160 Å². The van der Waals surface area contributed by atoms with Crippen LogP contribution in [-0.2, 0) is 13.6 Å². The largest absolute Gasteiger partial charge is 0.393 e. The predicted molar refractivity (Wildman–Crippen MR) is 102 cm³/mol. The molecule has 0 aliphatic carbocycles. The topological polar surface area (TPSA) is 83.2 Å². The summed E-state index contributed by atoms with van der Waals surface area (Å²) in [7, 11) is 2.09. The van der Waals surface area contributed by atoms with E-state index in [1.54, 1.807) is 6.33 Å². The maximum atomic E-state index is 9.67. The number of hydrogen-bond acceptors (Lipinski definition) is 7. The van der Waals surface area contributed by atoms with Gasteiger partial charge in [0.15, 0.2) is 0 Å². The summed E-state index contributed by atoms with van der Waals surface area (Å²) in [6.45, 7) is 6.64. The third kappa shape index (κ3) is 4.11. The van der Waals surface area contributed by atoms with Crippen molar-refractivity contribution in [1.29, 1.82) is 0 Å². The fraction of sp³-hybridized carbons (Fsp3) is 0.684. The molecule has 2 aliphatic heterocycles. The first-order valence-electron chi connectivity index (χ1n) is 9.92. The number of piperidine rings is 2. The van der Waals surface area contributed by atoms with Crippen molar-refractivity contribution in [3.05, 3.63) is 29.7 Å². The summed E-state index contributed by atoms with van der Waals surface area (Å²) in [6, 6.07) is 2.05. The fourth-order valence-corrected chi connectivity index (χ4v) is 4.13. The Hall–Kier alpha value is -2.06. The molecule has 0 atom stereocenters.